The number of hydrogen-bond acceptors (Lipinski definition) is 2. The molecule has 3 nitrogen and oxygen atoms in total. The number of anilines is 1. The average molecular weight is 348 g/mol. The second kappa shape index (κ2) is 6.64. The molecule has 2 aromatic carbocycles. The summed E-state index contributed by atoms with van der Waals surface area (Å²) in [6.07, 6.45) is 0. The number of hydrazone groups is 1. The van der Waals surface area contributed by atoms with E-state index in [1.807, 2.05) is 24.3 Å². The second-order valence-electron chi connectivity index (χ2n) is 3.82. The number of benzene rings is 2. The lowest BCUT2D eigenvalue weighted by atomic mass is 10.2. The van der Waals surface area contributed by atoms with Gasteiger partial charge in [0.15, 0.2) is 5.17 Å². The van der Waals surface area contributed by atoms with E-state index in [1.54, 1.807) is 36.4 Å². The van der Waals surface area contributed by atoms with Crippen LogP contribution < -0.4 is 4.78 Å². The van der Waals surface area contributed by atoms with Crippen molar-refractivity contribution in [3.05, 3.63) is 66.2 Å². The van der Waals surface area contributed by atoms with Gasteiger partial charge in [-0.1, -0.05) is 60.1 Å². The van der Waals surface area contributed by atoms with Crippen LogP contribution >= 0.6 is 40.1 Å². The van der Waals surface area contributed by atoms with Crippen LogP contribution in [0.2, 0.25) is 0 Å². The van der Waals surface area contributed by atoms with Crippen molar-refractivity contribution in [1.29, 1.82) is 0 Å². The summed E-state index contributed by atoms with van der Waals surface area (Å²) in [4.78, 5) is 0. The van der Waals surface area contributed by atoms with Crippen molar-refractivity contribution in [3.8, 4) is 0 Å². The lowest BCUT2D eigenvalue weighted by Crippen LogP contribution is -2.10. The third-order valence-electron chi connectivity index (χ3n) is 2.40. The first kappa shape index (κ1) is 15.4. The predicted octanol–water partition coefficient (Wildman–Crippen LogP) is 5.68. The molecule has 0 aromatic heterocycles. The van der Waals surface area contributed by atoms with E-state index < -0.39 is 6.00 Å². The van der Waals surface area contributed by atoms with Crippen molar-refractivity contribution < 1.29 is 4.57 Å². The third-order valence-corrected chi connectivity index (χ3v) is 4.32. The van der Waals surface area contributed by atoms with Gasteiger partial charge in [0.05, 0.1) is 5.69 Å². The van der Waals surface area contributed by atoms with Gasteiger partial charge in [0.25, 0.3) is 0 Å². The zero-order valence-electron chi connectivity index (χ0n) is 10.2. The molecule has 0 fully saturated rings. The van der Waals surface area contributed by atoms with E-state index in [-0.39, 0.29) is 5.17 Å². The molecule has 2 aromatic rings. The Labute approximate surface area is 131 Å². The number of para-hydroxylation sites is 1. The summed E-state index contributed by atoms with van der Waals surface area (Å²) in [5.41, 5.74) is 1.17. The minimum atomic E-state index is -3.67. The van der Waals surface area contributed by atoms with Crippen molar-refractivity contribution >= 4 is 50.9 Å². The molecule has 0 spiro atoms. The molecule has 0 N–H and O–H groups in total. The van der Waals surface area contributed by atoms with Crippen molar-refractivity contribution in [2.45, 2.75) is 0 Å². The van der Waals surface area contributed by atoms with Gasteiger partial charge in [-0.15, -0.1) is 0 Å². The van der Waals surface area contributed by atoms with Gasteiger partial charge >= 0.3 is 6.00 Å². The van der Waals surface area contributed by atoms with Crippen LogP contribution in [-0.4, -0.2) is 5.17 Å². The molecule has 7 heteroatoms. The van der Waals surface area contributed by atoms with Crippen molar-refractivity contribution in [2.24, 2.45) is 5.10 Å². The molecule has 104 valence electrons. The van der Waals surface area contributed by atoms with E-state index in [2.05, 4.69) is 5.10 Å². The minimum Gasteiger partial charge on any atom is -0.262 e. The van der Waals surface area contributed by atoms with Crippen molar-refractivity contribution in [1.82, 2.24) is 0 Å². The zero-order chi connectivity index (χ0) is 14.6. The van der Waals surface area contributed by atoms with Gasteiger partial charge in [0.2, 0.25) is 0 Å². The standard InChI is InChI=1S/C13H10Cl3N2OP/c14-13(11-7-3-1-4-8-11)17-18(20(15,16)19)12-9-5-2-6-10-12/h1-10H. The fourth-order valence-electron chi connectivity index (χ4n) is 1.52. The average Bonchev–Trinajstić information content (AvgIpc) is 2.45. The van der Waals surface area contributed by atoms with Crippen LogP contribution in [0.1, 0.15) is 5.56 Å². The first-order valence-electron chi connectivity index (χ1n) is 5.63. The van der Waals surface area contributed by atoms with Crippen LogP contribution in [0, 0.1) is 0 Å². The lowest BCUT2D eigenvalue weighted by molar-refractivity contribution is 0.590. The zero-order valence-corrected chi connectivity index (χ0v) is 13.3. The Hall–Kier alpha value is -0.990. The van der Waals surface area contributed by atoms with Gasteiger partial charge in [-0.25, -0.2) is 0 Å². The summed E-state index contributed by atoms with van der Waals surface area (Å²) in [6.45, 7) is 0. The first-order chi connectivity index (χ1) is 9.48. The van der Waals surface area contributed by atoms with E-state index in [4.69, 9.17) is 34.1 Å². The molecule has 0 heterocycles. The number of halogens is 3. The maximum Gasteiger partial charge on any atom is 0.365 e. The number of nitrogens with zero attached hydrogens (tertiary/aromatic N) is 2. The van der Waals surface area contributed by atoms with Gasteiger partial charge < -0.3 is 0 Å². The monoisotopic (exact) mass is 346 g/mol. The van der Waals surface area contributed by atoms with E-state index in [0.717, 1.165) is 4.78 Å². The highest BCUT2D eigenvalue weighted by Crippen LogP contribution is 2.61. The minimum absolute atomic E-state index is 0.149. The molecule has 0 bridgehead atoms. The van der Waals surface area contributed by atoms with Crippen LogP contribution in [0.5, 0.6) is 0 Å². The van der Waals surface area contributed by atoms with Gasteiger partial charge in [-0.05, 0) is 34.6 Å². The molecule has 2 rings (SSSR count). The summed E-state index contributed by atoms with van der Waals surface area (Å²) >= 11 is 17.6. The fourth-order valence-corrected chi connectivity index (χ4v) is 3.10. The quantitative estimate of drug-likeness (QED) is 0.405. The van der Waals surface area contributed by atoms with Crippen molar-refractivity contribution in [3.63, 3.8) is 0 Å². The van der Waals surface area contributed by atoms with E-state index in [9.17, 15) is 4.57 Å². The molecule has 0 amide bonds. The van der Waals surface area contributed by atoms with Crippen LogP contribution in [0.15, 0.2) is 65.8 Å². The van der Waals surface area contributed by atoms with Crippen LogP contribution in [0.3, 0.4) is 0 Å². The second-order valence-corrected chi connectivity index (χ2v) is 8.69. The molecule has 0 saturated heterocycles. The Balaban J connectivity index is 2.42. The highest BCUT2D eigenvalue weighted by molar-refractivity contribution is 8.09. The third kappa shape index (κ3) is 4.00. The molecule has 20 heavy (non-hydrogen) atoms. The summed E-state index contributed by atoms with van der Waals surface area (Å²) in [5.74, 6) is -3.67. The van der Waals surface area contributed by atoms with E-state index in [0.29, 0.717) is 11.3 Å². The Morgan fingerprint density at radius 3 is 1.95 bits per heavy atom. The summed E-state index contributed by atoms with van der Waals surface area (Å²) in [6, 6.07) is 17.8. The van der Waals surface area contributed by atoms with Gasteiger partial charge in [-0.2, -0.15) is 9.88 Å². The molecule has 0 aliphatic carbocycles. The van der Waals surface area contributed by atoms with E-state index >= 15 is 0 Å². The number of rotatable bonds is 4. The van der Waals surface area contributed by atoms with Crippen LogP contribution in [-0.2, 0) is 4.57 Å². The Bertz CT molecular complexity index is 643. The van der Waals surface area contributed by atoms with E-state index in [1.165, 1.54) is 0 Å². The highest BCUT2D eigenvalue weighted by atomic mass is 35.9. The Kier molecular flexibility index (Phi) is 5.11. The summed E-state index contributed by atoms with van der Waals surface area (Å²) in [7, 11) is 0. The topological polar surface area (TPSA) is 32.7 Å². The van der Waals surface area contributed by atoms with Gasteiger partial charge in [0.1, 0.15) is 0 Å². The normalized spacial score (nSPS) is 12.2. The molecular formula is C13H10Cl3N2OP. The smallest absolute Gasteiger partial charge is 0.262 e. The molecule has 0 aliphatic rings. The SMILES string of the molecule is O=P(Cl)(Cl)N(N=C(Cl)c1ccccc1)c1ccccc1. The molecule has 0 atom stereocenters. The Morgan fingerprint density at radius 1 is 0.950 bits per heavy atom. The molecule has 0 aliphatic heterocycles. The predicted molar refractivity (Wildman–Crippen MR) is 87.1 cm³/mol. The molecule has 0 radical (unpaired) electrons. The van der Waals surface area contributed by atoms with Gasteiger partial charge in [-0.3, -0.25) is 4.57 Å². The van der Waals surface area contributed by atoms with Gasteiger partial charge in [0, 0.05) is 5.56 Å². The maximum atomic E-state index is 12.0. The lowest BCUT2D eigenvalue weighted by Gasteiger charge is -2.19. The van der Waals surface area contributed by atoms with Crippen molar-refractivity contribution in [2.75, 3.05) is 4.78 Å². The fraction of sp³-hybridized carbons (Fsp3) is 0. The van der Waals surface area contributed by atoms with Crippen LogP contribution in [0.25, 0.3) is 0 Å². The molecule has 0 saturated carbocycles. The van der Waals surface area contributed by atoms with Crippen LogP contribution in [0.4, 0.5) is 5.69 Å². The summed E-state index contributed by atoms with van der Waals surface area (Å²) < 4.78 is 13.0. The largest absolute Gasteiger partial charge is 0.365 e. The number of hydrogen-bond donors (Lipinski definition) is 0. The summed E-state index contributed by atoms with van der Waals surface area (Å²) in [5, 5.41) is 4.23. The Morgan fingerprint density at radius 2 is 1.45 bits per heavy atom. The molecular weight excluding hydrogens is 337 g/mol. The maximum absolute atomic E-state index is 12.0. The molecule has 0 unspecified atom stereocenters. The first-order valence-corrected chi connectivity index (χ1v) is 9.48. The highest BCUT2D eigenvalue weighted by Gasteiger charge is 2.26.